The van der Waals surface area contributed by atoms with Crippen LogP contribution >= 0.6 is 0 Å². The molecular weight excluding hydrogens is 362 g/mol. The fourth-order valence-corrected chi connectivity index (χ4v) is 4.60. The summed E-state index contributed by atoms with van der Waals surface area (Å²) in [5.74, 6) is -2.31. The number of nitrogens with one attached hydrogen (secondary N) is 1. The number of aryl methyl sites for hydroxylation is 1. The van der Waals surface area contributed by atoms with E-state index in [-0.39, 0.29) is 17.1 Å². The SMILES string of the molecule is Cc1ccc(S(=O)(=O)N2CCC[C@H]2C(=O)Nc2ccc(F)cc2F)cc1. The number of halogens is 2. The zero-order valence-corrected chi connectivity index (χ0v) is 14.9. The summed E-state index contributed by atoms with van der Waals surface area (Å²) in [5, 5.41) is 2.36. The lowest BCUT2D eigenvalue weighted by Gasteiger charge is -2.23. The van der Waals surface area contributed by atoms with Gasteiger partial charge in [-0.3, -0.25) is 4.79 Å². The first-order chi connectivity index (χ1) is 12.3. The standard InChI is InChI=1S/C18H18F2N2O3S/c1-12-4-7-14(8-5-12)26(24,25)22-10-2-3-17(22)18(23)21-16-9-6-13(19)11-15(16)20/h4-9,11,17H,2-3,10H2,1H3,(H,21,23)/t17-/m0/s1. The summed E-state index contributed by atoms with van der Waals surface area (Å²) in [4.78, 5) is 12.6. The molecule has 1 aliphatic rings. The fourth-order valence-electron chi connectivity index (χ4n) is 2.94. The minimum absolute atomic E-state index is 0.107. The van der Waals surface area contributed by atoms with E-state index in [0.29, 0.717) is 18.9 Å². The van der Waals surface area contributed by atoms with Gasteiger partial charge in [-0.25, -0.2) is 17.2 Å². The van der Waals surface area contributed by atoms with Gasteiger partial charge in [0.1, 0.15) is 17.7 Å². The van der Waals surface area contributed by atoms with Crippen LogP contribution in [0, 0.1) is 18.6 Å². The van der Waals surface area contributed by atoms with Gasteiger partial charge in [-0.1, -0.05) is 17.7 Å². The molecule has 1 aliphatic heterocycles. The lowest BCUT2D eigenvalue weighted by molar-refractivity contribution is -0.119. The summed E-state index contributed by atoms with van der Waals surface area (Å²) in [6.07, 6.45) is 0.856. The summed E-state index contributed by atoms with van der Waals surface area (Å²) in [6.45, 7) is 2.06. The van der Waals surface area contributed by atoms with Gasteiger partial charge in [0, 0.05) is 12.6 Å². The molecule has 0 radical (unpaired) electrons. The molecule has 1 saturated heterocycles. The molecule has 3 rings (SSSR count). The average Bonchev–Trinajstić information content (AvgIpc) is 3.08. The summed E-state index contributed by atoms with van der Waals surface area (Å²) in [7, 11) is -3.84. The maximum absolute atomic E-state index is 13.7. The molecular formula is C18H18F2N2O3S. The number of amides is 1. The highest BCUT2D eigenvalue weighted by molar-refractivity contribution is 7.89. The van der Waals surface area contributed by atoms with E-state index >= 15 is 0 Å². The highest BCUT2D eigenvalue weighted by atomic mass is 32.2. The van der Waals surface area contributed by atoms with E-state index in [4.69, 9.17) is 0 Å². The second-order valence-electron chi connectivity index (χ2n) is 6.20. The molecule has 0 saturated carbocycles. The normalized spacial score (nSPS) is 18.0. The van der Waals surface area contributed by atoms with E-state index in [0.717, 1.165) is 22.0 Å². The quantitative estimate of drug-likeness (QED) is 0.887. The van der Waals surface area contributed by atoms with Crippen molar-refractivity contribution >= 4 is 21.6 Å². The van der Waals surface area contributed by atoms with Gasteiger partial charge in [-0.05, 0) is 44.0 Å². The third-order valence-corrected chi connectivity index (χ3v) is 6.25. The molecule has 8 heteroatoms. The number of anilines is 1. The molecule has 138 valence electrons. The Bertz CT molecular complexity index is 930. The number of sulfonamides is 1. The van der Waals surface area contributed by atoms with E-state index in [1.165, 1.54) is 12.1 Å². The Morgan fingerprint density at radius 2 is 1.85 bits per heavy atom. The Hall–Kier alpha value is -2.32. The van der Waals surface area contributed by atoms with Crippen LogP contribution in [0.2, 0.25) is 0 Å². The summed E-state index contributed by atoms with van der Waals surface area (Å²) in [5.41, 5.74) is 0.738. The molecule has 1 amide bonds. The largest absolute Gasteiger partial charge is 0.322 e. The summed E-state index contributed by atoms with van der Waals surface area (Å²) < 4.78 is 53.6. The van der Waals surface area contributed by atoms with Gasteiger partial charge in [-0.15, -0.1) is 0 Å². The van der Waals surface area contributed by atoms with Gasteiger partial charge >= 0.3 is 0 Å². The Morgan fingerprint density at radius 3 is 2.50 bits per heavy atom. The van der Waals surface area contributed by atoms with Crippen LogP contribution in [0.15, 0.2) is 47.4 Å². The number of hydrogen-bond acceptors (Lipinski definition) is 3. The van der Waals surface area contributed by atoms with Crippen LogP contribution in [0.1, 0.15) is 18.4 Å². The van der Waals surface area contributed by atoms with Gasteiger partial charge in [0.15, 0.2) is 0 Å². The molecule has 1 heterocycles. The topological polar surface area (TPSA) is 66.5 Å². The molecule has 0 bridgehead atoms. The van der Waals surface area contributed by atoms with Gasteiger partial charge in [0.25, 0.3) is 0 Å². The Kier molecular flexibility index (Phi) is 5.06. The number of carbonyl (C=O) groups is 1. The third-order valence-electron chi connectivity index (χ3n) is 4.32. The first-order valence-electron chi connectivity index (χ1n) is 8.13. The summed E-state index contributed by atoms with van der Waals surface area (Å²) in [6, 6.07) is 8.22. The second kappa shape index (κ2) is 7.13. The van der Waals surface area contributed by atoms with E-state index in [2.05, 4.69) is 5.32 Å². The van der Waals surface area contributed by atoms with Crippen molar-refractivity contribution in [3.63, 3.8) is 0 Å². The predicted octanol–water partition coefficient (Wildman–Crippen LogP) is 3.07. The van der Waals surface area contributed by atoms with Crippen LogP contribution in [0.3, 0.4) is 0 Å². The van der Waals surface area contributed by atoms with Crippen LogP contribution < -0.4 is 5.32 Å². The molecule has 26 heavy (non-hydrogen) atoms. The molecule has 2 aromatic rings. The van der Waals surface area contributed by atoms with Crippen molar-refractivity contribution in [3.8, 4) is 0 Å². The van der Waals surface area contributed by atoms with Crippen molar-refractivity contribution in [1.29, 1.82) is 0 Å². The maximum Gasteiger partial charge on any atom is 0.243 e. The van der Waals surface area contributed by atoms with E-state index in [1.807, 2.05) is 6.92 Å². The summed E-state index contributed by atoms with van der Waals surface area (Å²) >= 11 is 0. The van der Waals surface area contributed by atoms with E-state index < -0.39 is 33.6 Å². The number of rotatable bonds is 4. The smallest absolute Gasteiger partial charge is 0.243 e. The van der Waals surface area contributed by atoms with Crippen LogP contribution in [0.4, 0.5) is 14.5 Å². The second-order valence-corrected chi connectivity index (χ2v) is 8.09. The van der Waals surface area contributed by atoms with Crippen LogP contribution in [-0.2, 0) is 14.8 Å². The maximum atomic E-state index is 13.7. The lowest BCUT2D eigenvalue weighted by atomic mass is 10.2. The Balaban J connectivity index is 1.83. The lowest BCUT2D eigenvalue weighted by Crippen LogP contribution is -2.43. The van der Waals surface area contributed by atoms with Gasteiger partial charge < -0.3 is 5.32 Å². The molecule has 0 unspecified atom stereocenters. The van der Waals surface area contributed by atoms with Gasteiger partial charge in [-0.2, -0.15) is 4.31 Å². The van der Waals surface area contributed by atoms with Crippen LogP contribution in [-0.4, -0.2) is 31.2 Å². The molecule has 5 nitrogen and oxygen atoms in total. The van der Waals surface area contributed by atoms with Crippen LogP contribution in [0.25, 0.3) is 0 Å². The highest BCUT2D eigenvalue weighted by Gasteiger charge is 2.39. The predicted molar refractivity (Wildman–Crippen MR) is 93.1 cm³/mol. The van der Waals surface area contributed by atoms with Crippen molar-refractivity contribution in [3.05, 3.63) is 59.7 Å². The van der Waals surface area contributed by atoms with E-state index in [9.17, 15) is 22.0 Å². The van der Waals surface area contributed by atoms with Crippen molar-refractivity contribution in [2.75, 3.05) is 11.9 Å². The molecule has 1 atom stereocenters. The van der Waals surface area contributed by atoms with Gasteiger partial charge in [0.2, 0.25) is 15.9 Å². The Labute approximate surface area is 150 Å². The number of nitrogens with zero attached hydrogens (tertiary/aromatic N) is 1. The third kappa shape index (κ3) is 3.61. The number of carbonyl (C=O) groups excluding carboxylic acids is 1. The first-order valence-corrected chi connectivity index (χ1v) is 9.57. The molecule has 0 aromatic heterocycles. The molecule has 0 aliphatic carbocycles. The minimum Gasteiger partial charge on any atom is -0.322 e. The van der Waals surface area contributed by atoms with Crippen molar-refractivity contribution in [2.45, 2.75) is 30.7 Å². The van der Waals surface area contributed by atoms with Crippen LogP contribution in [0.5, 0.6) is 0 Å². The molecule has 1 N–H and O–H groups in total. The molecule has 1 fully saturated rings. The highest BCUT2D eigenvalue weighted by Crippen LogP contribution is 2.27. The molecule has 2 aromatic carbocycles. The average molecular weight is 380 g/mol. The van der Waals surface area contributed by atoms with Crippen molar-refractivity contribution < 1.29 is 22.0 Å². The zero-order valence-electron chi connectivity index (χ0n) is 14.1. The zero-order chi connectivity index (χ0) is 18.9. The Morgan fingerprint density at radius 1 is 1.15 bits per heavy atom. The van der Waals surface area contributed by atoms with Gasteiger partial charge in [0.05, 0.1) is 10.6 Å². The monoisotopic (exact) mass is 380 g/mol. The van der Waals surface area contributed by atoms with Crippen molar-refractivity contribution in [2.24, 2.45) is 0 Å². The first kappa shape index (κ1) is 18.5. The number of hydrogen-bond donors (Lipinski definition) is 1. The van der Waals surface area contributed by atoms with Crippen molar-refractivity contribution in [1.82, 2.24) is 4.31 Å². The number of benzene rings is 2. The fraction of sp³-hybridized carbons (Fsp3) is 0.278. The minimum atomic E-state index is -3.84. The molecule has 0 spiro atoms. The van der Waals surface area contributed by atoms with E-state index in [1.54, 1.807) is 12.1 Å².